The molecule has 6 heteroatoms. The lowest BCUT2D eigenvalue weighted by molar-refractivity contribution is -0.118. The Hall–Kier alpha value is -2.37. The molecular formula is C26H43NO5. The molecule has 182 valence electrons. The molecule has 0 aliphatic heterocycles. The third-order valence-corrected chi connectivity index (χ3v) is 5.41. The zero-order valence-electron chi connectivity index (χ0n) is 19.8. The molecular weight excluding hydrogens is 406 g/mol. The summed E-state index contributed by atoms with van der Waals surface area (Å²) < 4.78 is 0. The van der Waals surface area contributed by atoms with Gasteiger partial charge in [-0.2, -0.15) is 0 Å². The van der Waals surface area contributed by atoms with Crippen molar-refractivity contribution in [2.45, 2.75) is 110 Å². The van der Waals surface area contributed by atoms with Crippen LogP contribution in [0.1, 0.15) is 130 Å². The van der Waals surface area contributed by atoms with Crippen molar-refractivity contribution in [3.8, 4) is 0 Å². The van der Waals surface area contributed by atoms with Gasteiger partial charge in [0.05, 0.1) is 11.1 Å². The molecule has 0 heterocycles. The molecule has 1 rings (SSSR count). The molecule has 0 saturated carbocycles. The Kier molecular flexibility index (Phi) is 19.0. The Morgan fingerprint density at radius 2 is 0.875 bits per heavy atom. The summed E-state index contributed by atoms with van der Waals surface area (Å²) in [6.07, 6.45) is 20.9. The van der Waals surface area contributed by atoms with Crippen LogP contribution in [-0.4, -0.2) is 28.1 Å². The fraction of sp³-hybridized carbons (Fsp3) is 0.654. The summed E-state index contributed by atoms with van der Waals surface area (Å²) in [4.78, 5) is 31.2. The van der Waals surface area contributed by atoms with Crippen LogP contribution in [0, 0.1) is 0 Å². The van der Waals surface area contributed by atoms with Gasteiger partial charge in [-0.1, -0.05) is 96.8 Å². The zero-order valence-corrected chi connectivity index (χ0v) is 19.8. The Morgan fingerprint density at radius 1 is 0.594 bits per heavy atom. The maximum Gasteiger partial charge on any atom is 0.335 e. The third-order valence-electron chi connectivity index (χ3n) is 5.41. The van der Waals surface area contributed by atoms with E-state index in [1.165, 1.54) is 114 Å². The van der Waals surface area contributed by atoms with Gasteiger partial charge in [-0.15, -0.1) is 0 Å². The van der Waals surface area contributed by atoms with E-state index in [9.17, 15) is 14.4 Å². The zero-order chi connectivity index (χ0) is 24.0. The lowest BCUT2D eigenvalue weighted by Crippen LogP contribution is -2.09. The van der Waals surface area contributed by atoms with Crippen LogP contribution in [0.2, 0.25) is 0 Å². The number of carboxylic acid groups (broad SMARTS) is 2. The van der Waals surface area contributed by atoms with Crippen LogP contribution in [0.4, 0.5) is 0 Å². The summed E-state index contributed by atoms with van der Waals surface area (Å²) in [6.45, 7) is 2.28. The Bertz CT molecular complexity index is 595. The highest BCUT2D eigenvalue weighted by Crippen LogP contribution is 2.13. The van der Waals surface area contributed by atoms with Gasteiger partial charge >= 0.3 is 11.9 Å². The Balaban J connectivity index is 0.000000677. The first kappa shape index (κ1) is 29.6. The molecule has 4 N–H and O–H groups in total. The van der Waals surface area contributed by atoms with E-state index in [0.717, 1.165) is 6.42 Å². The lowest BCUT2D eigenvalue weighted by atomic mass is 10.0. The standard InChI is InChI=1S/C18H37NO.C8H6O4/c1-2-3-4-5-6-7-8-9-10-11-12-13-14-15-16-17-18(19)20;9-7(10)5-1-2-6(4-3-5)8(11)12/h2-17H2,1H3,(H2,19,20);1-4H,(H,9,10)(H,11,12). The van der Waals surface area contributed by atoms with Crippen LogP contribution >= 0.6 is 0 Å². The van der Waals surface area contributed by atoms with Crippen molar-refractivity contribution in [1.82, 2.24) is 0 Å². The van der Waals surface area contributed by atoms with E-state index >= 15 is 0 Å². The maximum atomic E-state index is 10.6. The molecule has 0 spiro atoms. The molecule has 0 fully saturated rings. The van der Waals surface area contributed by atoms with Crippen molar-refractivity contribution < 1.29 is 24.6 Å². The van der Waals surface area contributed by atoms with Crippen molar-refractivity contribution in [2.24, 2.45) is 5.73 Å². The summed E-state index contributed by atoms with van der Waals surface area (Å²) in [6, 6.07) is 5.02. The average Bonchev–Trinajstić information content (AvgIpc) is 2.76. The van der Waals surface area contributed by atoms with E-state index < -0.39 is 11.9 Å². The predicted molar refractivity (Wildman–Crippen MR) is 129 cm³/mol. The second-order valence-electron chi connectivity index (χ2n) is 8.35. The molecule has 0 aliphatic rings. The van der Waals surface area contributed by atoms with Crippen LogP contribution in [0.3, 0.4) is 0 Å². The Labute approximate surface area is 193 Å². The molecule has 0 aliphatic carbocycles. The largest absolute Gasteiger partial charge is 0.478 e. The minimum atomic E-state index is -1.06. The van der Waals surface area contributed by atoms with Crippen LogP contribution in [0.15, 0.2) is 24.3 Å². The highest BCUT2D eigenvalue weighted by atomic mass is 16.4. The van der Waals surface area contributed by atoms with Gasteiger partial charge in [-0.3, -0.25) is 4.79 Å². The minimum Gasteiger partial charge on any atom is -0.478 e. The maximum absolute atomic E-state index is 10.6. The number of hydrogen-bond donors (Lipinski definition) is 3. The number of carboxylic acids is 2. The number of aromatic carboxylic acids is 2. The second kappa shape index (κ2) is 20.5. The number of carbonyl (C=O) groups is 3. The molecule has 1 aromatic carbocycles. The fourth-order valence-electron chi connectivity index (χ4n) is 3.43. The first-order valence-corrected chi connectivity index (χ1v) is 12.2. The van der Waals surface area contributed by atoms with Gasteiger partial charge in [0.2, 0.25) is 5.91 Å². The second-order valence-corrected chi connectivity index (χ2v) is 8.35. The Morgan fingerprint density at radius 3 is 1.12 bits per heavy atom. The molecule has 6 nitrogen and oxygen atoms in total. The first-order chi connectivity index (χ1) is 15.4. The van der Waals surface area contributed by atoms with E-state index in [0.29, 0.717) is 6.42 Å². The number of unbranched alkanes of at least 4 members (excludes halogenated alkanes) is 14. The minimum absolute atomic E-state index is 0.0833. The molecule has 0 saturated heterocycles. The van der Waals surface area contributed by atoms with Crippen molar-refractivity contribution in [2.75, 3.05) is 0 Å². The van der Waals surface area contributed by atoms with Gasteiger partial charge in [0.1, 0.15) is 0 Å². The van der Waals surface area contributed by atoms with Gasteiger partial charge in [0, 0.05) is 6.42 Å². The highest BCUT2D eigenvalue weighted by molar-refractivity contribution is 5.91. The molecule has 1 amide bonds. The molecule has 32 heavy (non-hydrogen) atoms. The number of nitrogens with two attached hydrogens (primary N) is 1. The van der Waals surface area contributed by atoms with E-state index in [1.54, 1.807) is 0 Å². The first-order valence-electron chi connectivity index (χ1n) is 12.2. The molecule has 0 bridgehead atoms. The number of amides is 1. The van der Waals surface area contributed by atoms with Gasteiger partial charge in [0.25, 0.3) is 0 Å². The molecule has 0 unspecified atom stereocenters. The van der Waals surface area contributed by atoms with Gasteiger partial charge in [0.15, 0.2) is 0 Å². The molecule has 1 aromatic rings. The highest BCUT2D eigenvalue weighted by Gasteiger charge is 2.04. The summed E-state index contributed by atoms with van der Waals surface area (Å²) in [5.41, 5.74) is 5.27. The normalized spacial score (nSPS) is 10.3. The summed E-state index contributed by atoms with van der Waals surface area (Å²) >= 11 is 0. The van der Waals surface area contributed by atoms with Crippen molar-refractivity contribution in [3.05, 3.63) is 35.4 Å². The number of carbonyl (C=O) groups excluding carboxylic acids is 1. The number of benzene rings is 1. The summed E-state index contributed by atoms with van der Waals surface area (Å²) in [7, 11) is 0. The van der Waals surface area contributed by atoms with Crippen molar-refractivity contribution >= 4 is 17.8 Å². The molecule has 0 atom stereocenters. The average molecular weight is 450 g/mol. The van der Waals surface area contributed by atoms with E-state index in [1.807, 2.05) is 0 Å². The fourth-order valence-corrected chi connectivity index (χ4v) is 3.43. The molecule has 0 aromatic heterocycles. The number of hydrogen-bond acceptors (Lipinski definition) is 3. The lowest BCUT2D eigenvalue weighted by Gasteiger charge is -2.03. The van der Waals surface area contributed by atoms with E-state index in [2.05, 4.69) is 6.92 Å². The van der Waals surface area contributed by atoms with Crippen LogP contribution in [0.5, 0.6) is 0 Å². The van der Waals surface area contributed by atoms with Crippen LogP contribution in [0.25, 0.3) is 0 Å². The number of rotatable bonds is 18. The van der Waals surface area contributed by atoms with Crippen LogP contribution < -0.4 is 5.73 Å². The summed E-state index contributed by atoms with van der Waals surface area (Å²) in [5, 5.41) is 16.9. The van der Waals surface area contributed by atoms with E-state index in [-0.39, 0.29) is 17.0 Å². The topological polar surface area (TPSA) is 118 Å². The van der Waals surface area contributed by atoms with Gasteiger partial charge < -0.3 is 15.9 Å². The van der Waals surface area contributed by atoms with E-state index in [4.69, 9.17) is 15.9 Å². The van der Waals surface area contributed by atoms with Gasteiger partial charge in [-0.25, -0.2) is 9.59 Å². The summed E-state index contributed by atoms with van der Waals surface area (Å²) in [5.74, 6) is -2.28. The van der Waals surface area contributed by atoms with Gasteiger partial charge in [-0.05, 0) is 30.7 Å². The molecule has 0 radical (unpaired) electrons. The smallest absolute Gasteiger partial charge is 0.335 e. The monoisotopic (exact) mass is 449 g/mol. The number of primary amides is 1. The predicted octanol–water partition coefficient (Wildman–Crippen LogP) is 6.82. The van der Waals surface area contributed by atoms with Crippen molar-refractivity contribution in [3.63, 3.8) is 0 Å². The SMILES string of the molecule is CCCCCCCCCCCCCCCCCC(N)=O.O=C(O)c1ccc(C(=O)O)cc1. The quantitative estimate of drug-likeness (QED) is 0.213. The van der Waals surface area contributed by atoms with Crippen LogP contribution in [-0.2, 0) is 4.79 Å². The third kappa shape index (κ3) is 18.4. The van der Waals surface area contributed by atoms with Crippen molar-refractivity contribution in [1.29, 1.82) is 0 Å².